The number of benzene rings is 1. The fourth-order valence-corrected chi connectivity index (χ4v) is 2.92. The molecule has 23 heavy (non-hydrogen) atoms. The molecule has 0 radical (unpaired) electrons. The highest BCUT2D eigenvalue weighted by Crippen LogP contribution is 2.33. The standard InChI is InChI=1S/C18H22N4O/c1-6-22(7-2)18-17-16(19-13(5)20-18)15(21-23-17)14-9-8-11(3)10-12(14)4/h8-10H,6-7H2,1-5H3. The van der Waals surface area contributed by atoms with E-state index in [4.69, 9.17) is 4.52 Å². The van der Waals surface area contributed by atoms with Gasteiger partial charge in [0.05, 0.1) is 0 Å². The summed E-state index contributed by atoms with van der Waals surface area (Å²) in [5.74, 6) is 1.55. The Morgan fingerprint density at radius 3 is 2.43 bits per heavy atom. The van der Waals surface area contributed by atoms with Crippen LogP contribution in [0.4, 0.5) is 5.82 Å². The molecule has 0 aliphatic carbocycles. The molecule has 0 aliphatic heterocycles. The molecular formula is C18H22N4O. The van der Waals surface area contributed by atoms with E-state index < -0.39 is 0 Å². The highest BCUT2D eigenvalue weighted by atomic mass is 16.5. The molecule has 3 aromatic rings. The Bertz CT molecular complexity index is 850. The summed E-state index contributed by atoms with van der Waals surface area (Å²) in [5, 5.41) is 4.30. The molecule has 3 rings (SSSR count). The van der Waals surface area contributed by atoms with Crippen LogP contribution in [0, 0.1) is 20.8 Å². The number of fused-ring (bicyclic) bond motifs is 1. The summed E-state index contributed by atoms with van der Waals surface area (Å²) < 4.78 is 5.64. The number of anilines is 1. The summed E-state index contributed by atoms with van der Waals surface area (Å²) >= 11 is 0. The van der Waals surface area contributed by atoms with Gasteiger partial charge >= 0.3 is 0 Å². The van der Waals surface area contributed by atoms with Crippen LogP contribution in [-0.4, -0.2) is 28.2 Å². The second-order valence-electron chi connectivity index (χ2n) is 5.79. The first-order valence-corrected chi connectivity index (χ1v) is 8.01. The summed E-state index contributed by atoms with van der Waals surface area (Å²) in [6.45, 7) is 12.0. The van der Waals surface area contributed by atoms with Crippen molar-refractivity contribution in [3.05, 3.63) is 35.2 Å². The average Bonchev–Trinajstić information content (AvgIpc) is 2.92. The fourth-order valence-electron chi connectivity index (χ4n) is 2.92. The maximum Gasteiger partial charge on any atom is 0.228 e. The van der Waals surface area contributed by atoms with Gasteiger partial charge < -0.3 is 9.42 Å². The molecule has 0 fully saturated rings. The van der Waals surface area contributed by atoms with Crippen molar-refractivity contribution < 1.29 is 4.52 Å². The number of rotatable bonds is 4. The quantitative estimate of drug-likeness (QED) is 0.727. The highest BCUT2D eigenvalue weighted by Gasteiger charge is 2.20. The summed E-state index contributed by atoms with van der Waals surface area (Å²) in [4.78, 5) is 11.3. The maximum absolute atomic E-state index is 5.64. The normalized spacial score (nSPS) is 11.2. The predicted molar refractivity (Wildman–Crippen MR) is 92.8 cm³/mol. The number of hydrogen-bond acceptors (Lipinski definition) is 5. The minimum Gasteiger partial charge on any atom is -0.354 e. The zero-order valence-corrected chi connectivity index (χ0v) is 14.3. The smallest absolute Gasteiger partial charge is 0.228 e. The first-order chi connectivity index (χ1) is 11.0. The maximum atomic E-state index is 5.64. The number of aryl methyl sites for hydroxylation is 3. The lowest BCUT2D eigenvalue weighted by Crippen LogP contribution is -2.23. The van der Waals surface area contributed by atoms with Crippen LogP contribution >= 0.6 is 0 Å². The molecule has 5 heteroatoms. The molecule has 0 unspecified atom stereocenters. The minimum absolute atomic E-state index is 0.661. The molecule has 2 heterocycles. The highest BCUT2D eigenvalue weighted by molar-refractivity contribution is 5.94. The number of hydrogen-bond donors (Lipinski definition) is 0. The van der Waals surface area contributed by atoms with Gasteiger partial charge in [-0.2, -0.15) is 0 Å². The van der Waals surface area contributed by atoms with Crippen LogP contribution in [0.25, 0.3) is 22.4 Å². The van der Waals surface area contributed by atoms with Gasteiger partial charge in [-0.25, -0.2) is 9.97 Å². The van der Waals surface area contributed by atoms with Gasteiger partial charge in [0.1, 0.15) is 17.0 Å². The van der Waals surface area contributed by atoms with E-state index in [1.807, 2.05) is 6.92 Å². The molecule has 0 saturated carbocycles. The molecule has 0 spiro atoms. The predicted octanol–water partition coefficient (Wildman–Crippen LogP) is 4.06. The van der Waals surface area contributed by atoms with Crippen molar-refractivity contribution in [2.75, 3.05) is 18.0 Å². The van der Waals surface area contributed by atoms with Crippen molar-refractivity contribution in [2.45, 2.75) is 34.6 Å². The van der Waals surface area contributed by atoms with Crippen molar-refractivity contribution >= 4 is 16.9 Å². The van der Waals surface area contributed by atoms with Gasteiger partial charge in [0.25, 0.3) is 0 Å². The minimum atomic E-state index is 0.661. The van der Waals surface area contributed by atoms with Crippen LogP contribution in [0.1, 0.15) is 30.8 Å². The summed E-state index contributed by atoms with van der Waals surface area (Å²) in [7, 11) is 0. The van der Waals surface area contributed by atoms with E-state index in [1.165, 1.54) is 11.1 Å². The van der Waals surface area contributed by atoms with Gasteiger partial charge in [0.15, 0.2) is 5.82 Å². The van der Waals surface area contributed by atoms with Crippen LogP contribution in [-0.2, 0) is 0 Å². The largest absolute Gasteiger partial charge is 0.354 e. The Balaban J connectivity index is 2.25. The van der Waals surface area contributed by atoms with Gasteiger partial charge in [0, 0.05) is 18.7 Å². The molecular weight excluding hydrogens is 288 g/mol. The SMILES string of the molecule is CCN(CC)c1nc(C)nc2c(-c3ccc(C)cc3C)noc12. The van der Waals surface area contributed by atoms with E-state index in [0.717, 1.165) is 41.5 Å². The van der Waals surface area contributed by atoms with Crippen LogP contribution in [0.15, 0.2) is 22.7 Å². The van der Waals surface area contributed by atoms with Gasteiger partial charge in [-0.05, 0) is 40.2 Å². The summed E-state index contributed by atoms with van der Waals surface area (Å²) in [6, 6.07) is 6.31. The third kappa shape index (κ3) is 2.67. The summed E-state index contributed by atoms with van der Waals surface area (Å²) in [5.41, 5.74) is 5.68. The Morgan fingerprint density at radius 2 is 1.78 bits per heavy atom. The molecule has 0 N–H and O–H groups in total. The van der Waals surface area contributed by atoms with Gasteiger partial charge in [-0.15, -0.1) is 0 Å². The first kappa shape index (κ1) is 15.5. The molecule has 0 atom stereocenters. The number of aromatic nitrogens is 3. The van der Waals surface area contributed by atoms with Gasteiger partial charge in [0.2, 0.25) is 5.58 Å². The lowest BCUT2D eigenvalue weighted by atomic mass is 10.0. The molecule has 0 amide bonds. The second-order valence-corrected chi connectivity index (χ2v) is 5.79. The van der Waals surface area contributed by atoms with Crippen molar-refractivity contribution in [3.8, 4) is 11.3 Å². The molecule has 1 aromatic carbocycles. The van der Waals surface area contributed by atoms with Crippen LogP contribution in [0.2, 0.25) is 0 Å². The van der Waals surface area contributed by atoms with Crippen molar-refractivity contribution in [3.63, 3.8) is 0 Å². The van der Waals surface area contributed by atoms with Crippen LogP contribution in [0.3, 0.4) is 0 Å². The van der Waals surface area contributed by atoms with Gasteiger partial charge in [-0.1, -0.05) is 28.9 Å². The fraction of sp³-hybridized carbons (Fsp3) is 0.389. The Labute approximate surface area is 136 Å². The van der Waals surface area contributed by atoms with Crippen molar-refractivity contribution in [1.82, 2.24) is 15.1 Å². The van der Waals surface area contributed by atoms with Gasteiger partial charge in [-0.3, -0.25) is 0 Å². The molecule has 120 valence electrons. The Morgan fingerprint density at radius 1 is 1.04 bits per heavy atom. The van der Waals surface area contributed by atoms with Crippen molar-refractivity contribution in [2.24, 2.45) is 0 Å². The van der Waals surface area contributed by atoms with E-state index in [9.17, 15) is 0 Å². The average molecular weight is 310 g/mol. The first-order valence-electron chi connectivity index (χ1n) is 8.01. The Kier molecular flexibility index (Phi) is 4.03. The summed E-state index contributed by atoms with van der Waals surface area (Å²) in [6.07, 6.45) is 0. The van der Waals surface area contributed by atoms with E-state index in [1.54, 1.807) is 0 Å². The lowest BCUT2D eigenvalue weighted by molar-refractivity contribution is 0.458. The monoisotopic (exact) mass is 310 g/mol. The van der Waals surface area contributed by atoms with E-state index >= 15 is 0 Å². The lowest BCUT2D eigenvalue weighted by Gasteiger charge is -2.19. The molecule has 2 aromatic heterocycles. The topological polar surface area (TPSA) is 55.1 Å². The number of nitrogens with zero attached hydrogens (tertiary/aromatic N) is 4. The zero-order chi connectivity index (χ0) is 16.6. The Hall–Kier alpha value is -2.43. The molecule has 0 aliphatic rings. The van der Waals surface area contributed by atoms with Crippen molar-refractivity contribution in [1.29, 1.82) is 0 Å². The van der Waals surface area contributed by atoms with Crippen LogP contribution in [0.5, 0.6) is 0 Å². The third-order valence-corrected chi connectivity index (χ3v) is 4.11. The molecule has 0 bridgehead atoms. The van der Waals surface area contributed by atoms with E-state index in [-0.39, 0.29) is 0 Å². The van der Waals surface area contributed by atoms with Crippen LogP contribution < -0.4 is 4.90 Å². The second kappa shape index (κ2) is 5.99. The van der Waals surface area contributed by atoms with E-state index in [0.29, 0.717) is 5.58 Å². The third-order valence-electron chi connectivity index (χ3n) is 4.11. The molecule has 0 saturated heterocycles. The molecule has 5 nitrogen and oxygen atoms in total. The van der Waals surface area contributed by atoms with E-state index in [2.05, 4.69) is 65.9 Å². The zero-order valence-electron chi connectivity index (χ0n) is 14.3.